The number of methoxy groups -OCH3 is 2. The van der Waals surface area contributed by atoms with E-state index in [1.807, 2.05) is 30.0 Å². The van der Waals surface area contributed by atoms with Crippen LogP contribution in [0.2, 0.25) is 0 Å². The number of carbonyl (C=O) groups is 1. The maximum Gasteiger partial charge on any atom is 0.265 e. The Labute approximate surface area is 177 Å². The lowest BCUT2D eigenvalue weighted by atomic mass is 10.1. The molecule has 0 saturated carbocycles. The van der Waals surface area contributed by atoms with Crippen molar-refractivity contribution in [3.05, 3.63) is 39.3 Å². The molecule has 1 aromatic carbocycles. The van der Waals surface area contributed by atoms with Gasteiger partial charge in [-0.05, 0) is 31.0 Å². The van der Waals surface area contributed by atoms with Crippen LogP contribution in [0.25, 0.3) is 0 Å². The Morgan fingerprint density at radius 3 is 2.52 bits per heavy atom. The molecule has 0 spiro atoms. The Hall–Kier alpha value is -2.12. The first kappa shape index (κ1) is 21.6. The van der Waals surface area contributed by atoms with Gasteiger partial charge in [0.1, 0.15) is 16.4 Å². The maximum absolute atomic E-state index is 13.0. The van der Waals surface area contributed by atoms with Crippen LogP contribution in [0.5, 0.6) is 11.5 Å². The van der Waals surface area contributed by atoms with Crippen LogP contribution in [0.3, 0.4) is 0 Å². The summed E-state index contributed by atoms with van der Waals surface area (Å²) in [5.74, 6) is 2.35. The Kier molecular flexibility index (Phi) is 7.14. The van der Waals surface area contributed by atoms with E-state index >= 15 is 0 Å². The normalized spacial score (nSPS) is 15.0. The molecule has 0 atom stereocenters. The number of aryl methyl sites for hydroxylation is 1. The summed E-state index contributed by atoms with van der Waals surface area (Å²) < 4.78 is 10.8. The number of amides is 1. The van der Waals surface area contributed by atoms with Crippen molar-refractivity contribution in [2.75, 3.05) is 40.4 Å². The third-order valence-corrected chi connectivity index (χ3v) is 6.33. The molecule has 29 heavy (non-hydrogen) atoms. The summed E-state index contributed by atoms with van der Waals surface area (Å²) in [4.78, 5) is 22.7. The van der Waals surface area contributed by atoms with Crippen molar-refractivity contribution in [3.8, 4) is 11.5 Å². The second-order valence-corrected chi connectivity index (χ2v) is 8.95. The maximum atomic E-state index is 13.0. The SMILES string of the molecule is COc1ccc(OC)c(CN2CCN(C(=O)c3sc(CC(C)C)nc3C)CC2)c1. The fraction of sp³-hybridized carbons (Fsp3) is 0.545. The lowest BCUT2D eigenvalue weighted by Crippen LogP contribution is -2.48. The van der Waals surface area contributed by atoms with Crippen LogP contribution in [-0.4, -0.2) is 61.1 Å². The van der Waals surface area contributed by atoms with Crippen molar-refractivity contribution in [3.63, 3.8) is 0 Å². The summed E-state index contributed by atoms with van der Waals surface area (Å²) in [6.45, 7) is 10.2. The van der Waals surface area contributed by atoms with Crippen LogP contribution < -0.4 is 9.47 Å². The van der Waals surface area contributed by atoms with E-state index in [-0.39, 0.29) is 5.91 Å². The fourth-order valence-electron chi connectivity index (χ4n) is 3.59. The number of hydrogen-bond donors (Lipinski definition) is 0. The standard InChI is InChI=1S/C22H31N3O3S/c1-15(2)12-20-23-16(3)21(29-20)22(26)25-10-8-24(9-11-25)14-17-13-18(27-4)6-7-19(17)28-5/h6-7,13,15H,8-12,14H2,1-5H3. The molecular formula is C22H31N3O3S. The van der Waals surface area contributed by atoms with Gasteiger partial charge in [0.05, 0.1) is 24.9 Å². The summed E-state index contributed by atoms with van der Waals surface area (Å²) >= 11 is 1.56. The van der Waals surface area contributed by atoms with Gasteiger partial charge in [0.15, 0.2) is 0 Å². The van der Waals surface area contributed by atoms with E-state index < -0.39 is 0 Å². The highest BCUT2D eigenvalue weighted by atomic mass is 32.1. The summed E-state index contributed by atoms with van der Waals surface area (Å²) in [6, 6.07) is 5.87. The molecule has 6 nitrogen and oxygen atoms in total. The molecule has 1 aliphatic heterocycles. The number of rotatable bonds is 7. The number of nitrogens with zero attached hydrogens (tertiary/aromatic N) is 3. The van der Waals surface area contributed by atoms with Gasteiger partial charge < -0.3 is 14.4 Å². The van der Waals surface area contributed by atoms with E-state index in [1.165, 1.54) is 0 Å². The second kappa shape index (κ2) is 9.59. The van der Waals surface area contributed by atoms with Gasteiger partial charge in [-0.3, -0.25) is 9.69 Å². The topological polar surface area (TPSA) is 54.9 Å². The largest absolute Gasteiger partial charge is 0.497 e. The molecule has 0 N–H and O–H groups in total. The molecule has 0 bridgehead atoms. The highest BCUT2D eigenvalue weighted by Crippen LogP contribution is 2.26. The third-order valence-electron chi connectivity index (χ3n) is 5.16. The first-order valence-electron chi connectivity index (χ1n) is 10.1. The van der Waals surface area contributed by atoms with Crippen molar-refractivity contribution in [1.29, 1.82) is 0 Å². The Balaban J connectivity index is 1.61. The molecule has 1 saturated heterocycles. The molecule has 0 radical (unpaired) electrons. The molecule has 1 fully saturated rings. The number of ether oxygens (including phenoxy) is 2. The van der Waals surface area contributed by atoms with Crippen molar-refractivity contribution in [2.24, 2.45) is 5.92 Å². The molecule has 3 rings (SSSR count). The number of carbonyl (C=O) groups excluding carboxylic acids is 1. The van der Waals surface area contributed by atoms with Gasteiger partial charge in [0.25, 0.3) is 5.91 Å². The van der Waals surface area contributed by atoms with Crippen LogP contribution in [0, 0.1) is 12.8 Å². The molecule has 7 heteroatoms. The van der Waals surface area contributed by atoms with E-state index in [1.54, 1.807) is 25.6 Å². The minimum Gasteiger partial charge on any atom is -0.497 e. The average molecular weight is 418 g/mol. The van der Waals surface area contributed by atoms with Gasteiger partial charge in [0, 0.05) is 44.7 Å². The van der Waals surface area contributed by atoms with E-state index in [2.05, 4.69) is 23.7 Å². The monoisotopic (exact) mass is 417 g/mol. The molecule has 0 aliphatic carbocycles. The summed E-state index contributed by atoms with van der Waals surface area (Å²) in [5, 5.41) is 1.06. The van der Waals surface area contributed by atoms with Gasteiger partial charge in [0.2, 0.25) is 0 Å². The van der Waals surface area contributed by atoms with Crippen LogP contribution in [0.15, 0.2) is 18.2 Å². The zero-order chi connectivity index (χ0) is 21.0. The lowest BCUT2D eigenvalue weighted by molar-refractivity contribution is 0.0631. The Bertz CT molecular complexity index is 842. The smallest absolute Gasteiger partial charge is 0.265 e. The van der Waals surface area contributed by atoms with Crippen LogP contribution in [-0.2, 0) is 13.0 Å². The molecule has 1 aromatic heterocycles. The molecule has 158 valence electrons. The van der Waals surface area contributed by atoms with Crippen LogP contribution >= 0.6 is 11.3 Å². The van der Waals surface area contributed by atoms with E-state index in [9.17, 15) is 4.79 Å². The fourth-order valence-corrected chi connectivity index (χ4v) is 4.83. The molecule has 1 aliphatic rings. The summed E-state index contributed by atoms with van der Waals surface area (Å²) in [6.07, 6.45) is 0.926. The Morgan fingerprint density at radius 1 is 1.17 bits per heavy atom. The van der Waals surface area contributed by atoms with Crippen molar-refractivity contribution < 1.29 is 14.3 Å². The average Bonchev–Trinajstić information content (AvgIpc) is 3.07. The Morgan fingerprint density at radius 2 is 1.90 bits per heavy atom. The van der Waals surface area contributed by atoms with Crippen LogP contribution in [0.4, 0.5) is 0 Å². The van der Waals surface area contributed by atoms with E-state index in [4.69, 9.17) is 9.47 Å². The van der Waals surface area contributed by atoms with Gasteiger partial charge in [-0.25, -0.2) is 4.98 Å². The van der Waals surface area contributed by atoms with Gasteiger partial charge >= 0.3 is 0 Å². The van der Waals surface area contributed by atoms with E-state index in [0.29, 0.717) is 5.92 Å². The third kappa shape index (κ3) is 5.28. The predicted molar refractivity (Wildman–Crippen MR) is 116 cm³/mol. The highest BCUT2D eigenvalue weighted by molar-refractivity contribution is 7.13. The molecule has 2 heterocycles. The van der Waals surface area contributed by atoms with E-state index in [0.717, 1.165) is 71.8 Å². The molecular weight excluding hydrogens is 386 g/mol. The summed E-state index contributed by atoms with van der Waals surface area (Å²) in [7, 11) is 3.36. The number of benzene rings is 1. The van der Waals surface area contributed by atoms with Crippen molar-refractivity contribution in [2.45, 2.75) is 33.7 Å². The number of hydrogen-bond acceptors (Lipinski definition) is 6. The number of aromatic nitrogens is 1. The van der Waals surface area contributed by atoms with Crippen LogP contribution in [0.1, 0.15) is 39.8 Å². The van der Waals surface area contributed by atoms with Gasteiger partial charge in [-0.2, -0.15) is 0 Å². The minimum atomic E-state index is 0.119. The first-order chi connectivity index (χ1) is 13.9. The highest BCUT2D eigenvalue weighted by Gasteiger charge is 2.26. The first-order valence-corrected chi connectivity index (χ1v) is 10.9. The molecule has 0 unspecified atom stereocenters. The molecule has 2 aromatic rings. The zero-order valence-corrected chi connectivity index (χ0v) is 18.8. The minimum absolute atomic E-state index is 0.119. The lowest BCUT2D eigenvalue weighted by Gasteiger charge is -2.34. The number of thiazole rings is 1. The summed E-state index contributed by atoms with van der Waals surface area (Å²) in [5.41, 5.74) is 1.96. The van der Waals surface area contributed by atoms with Gasteiger partial charge in [-0.1, -0.05) is 13.8 Å². The number of piperazine rings is 1. The quantitative estimate of drug-likeness (QED) is 0.689. The second-order valence-electron chi connectivity index (χ2n) is 7.87. The predicted octanol–water partition coefficient (Wildman–Crippen LogP) is 3.63. The zero-order valence-electron chi connectivity index (χ0n) is 18.0. The van der Waals surface area contributed by atoms with Gasteiger partial charge in [-0.15, -0.1) is 11.3 Å². The van der Waals surface area contributed by atoms with Crippen molar-refractivity contribution >= 4 is 17.2 Å². The van der Waals surface area contributed by atoms with Crippen molar-refractivity contribution in [1.82, 2.24) is 14.8 Å². The molecule has 1 amide bonds.